The molecule has 0 aromatic heterocycles. The van der Waals surface area contributed by atoms with Gasteiger partial charge in [-0.25, -0.2) is 4.79 Å². The number of nitrogens with one attached hydrogen (secondary N) is 1. The molecule has 1 aromatic rings. The maximum atomic E-state index is 11.2. The third kappa shape index (κ3) is 2.74. The van der Waals surface area contributed by atoms with E-state index in [2.05, 4.69) is 10.1 Å². The lowest BCUT2D eigenvalue weighted by molar-refractivity contribution is 0.0600. The van der Waals surface area contributed by atoms with Crippen LogP contribution in [0.25, 0.3) is 0 Å². The van der Waals surface area contributed by atoms with Crippen molar-refractivity contribution < 1.29 is 9.53 Å². The molecule has 1 fully saturated rings. The highest BCUT2D eigenvalue weighted by molar-refractivity contribution is 5.89. The van der Waals surface area contributed by atoms with E-state index >= 15 is 0 Å². The molecule has 3 nitrogen and oxygen atoms in total. The smallest absolute Gasteiger partial charge is 0.337 e. The van der Waals surface area contributed by atoms with Crippen LogP contribution in [0.3, 0.4) is 0 Å². The molecule has 0 amide bonds. The molecule has 0 radical (unpaired) electrons. The first kappa shape index (κ1) is 13.0. The summed E-state index contributed by atoms with van der Waals surface area (Å²) in [5.74, 6) is 0.322. The second kappa shape index (κ2) is 5.87. The van der Waals surface area contributed by atoms with Gasteiger partial charge in [-0.05, 0) is 36.6 Å². The van der Waals surface area contributed by atoms with Gasteiger partial charge in [0.25, 0.3) is 0 Å². The summed E-state index contributed by atoms with van der Waals surface area (Å²) in [6.45, 7) is 2.13. The van der Waals surface area contributed by atoms with Crippen LogP contribution in [0.1, 0.15) is 28.3 Å². The molecule has 0 spiro atoms. The van der Waals surface area contributed by atoms with Gasteiger partial charge in [-0.15, -0.1) is 12.4 Å². The highest BCUT2D eigenvalue weighted by atomic mass is 35.5. The number of rotatable bonds is 2. The van der Waals surface area contributed by atoms with Gasteiger partial charge in [0.15, 0.2) is 0 Å². The monoisotopic (exact) mass is 241 g/mol. The van der Waals surface area contributed by atoms with Crippen LogP contribution >= 0.6 is 12.4 Å². The van der Waals surface area contributed by atoms with Crippen LogP contribution in [0.4, 0.5) is 0 Å². The Kier molecular flexibility index (Phi) is 4.77. The Morgan fingerprint density at radius 2 is 2.06 bits per heavy atom. The Bertz CT molecular complexity index is 345. The summed E-state index contributed by atoms with van der Waals surface area (Å²) in [7, 11) is 1.40. The summed E-state index contributed by atoms with van der Waals surface area (Å²) in [4.78, 5) is 11.2. The molecular weight excluding hydrogens is 226 g/mol. The zero-order chi connectivity index (χ0) is 10.7. The molecule has 1 aliphatic heterocycles. The van der Waals surface area contributed by atoms with E-state index < -0.39 is 0 Å². The maximum absolute atomic E-state index is 11.2. The number of esters is 1. The molecular formula is C12H16ClNO2. The van der Waals surface area contributed by atoms with Crippen molar-refractivity contribution in [1.82, 2.24) is 5.32 Å². The number of hydrogen-bond acceptors (Lipinski definition) is 3. The van der Waals surface area contributed by atoms with Crippen LogP contribution in [0.2, 0.25) is 0 Å². The van der Waals surface area contributed by atoms with Gasteiger partial charge >= 0.3 is 5.97 Å². The van der Waals surface area contributed by atoms with E-state index in [1.54, 1.807) is 0 Å². The molecule has 4 heteroatoms. The van der Waals surface area contributed by atoms with Crippen molar-refractivity contribution in [2.24, 2.45) is 0 Å². The van der Waals surface area contributed by atoms with Gasteiger partial charge in [-0.2, -0.15) is 0 Å². The molecule has 0 bridgehead atoms. The molecule has 0 unspecified atom stereocenters. The summed E-state index contributed by atoms with van der Waals surface area (Å²) < 4.78 is 4.65. The maximum Gasteiger partial charge on any atom is 0.337 e. The number of halogens is 1. The fourth-order valence-corrected chi connectivity index (χ4v) is 1.95. The Labute approximate surface area is 102 Å². The van der Waals surface area contributed by atoms with Gasteiger partial charge in [0.2, 0.25) is 0 Å². The van der Waals surface area contributed by atoms with Gasteiger partial charge in [0.05, 0.1) is 12.7 Å². The number of methoxy groups -OCH3 is 1. The van der Waals surface area contributed by atoms with Gasteiger partial charge in [-0.1, -0.05) is 12.1 Å². The summed E-state index contributed by atoms with van der Waals surface area (Å²) in [5, 5.41) is 3.33. The second-order valence-corrected chi connectivity index (χ2v) is 3.80. The second-order valence-electron chi connectivity index (χ2n) is 3.80. The van der Waals surface area contributed by atoms with E-state index in [1.165, 1.54) is 19.1 Å². The molecule has 1 heterocycles. The summed E-state index contributed by atoms with van der Waals surface area (Å²) >= 11 is 0. The number of hydrogen-bond donors (Lipinski definition) is 1. The van der Waals surface area contributed by atoms with E-state index in [4.69, 9.17) is 0 Å². The van der Waals surface area contributed by atoms with E-state index in [0.29, 0.717) is 11.5 Å². The number of carbonyl (C=O) groups is 1. The Morgan fingerprint density at radius 3 is 2.56 bits per heavy atom. The van der Waals surface area contributed by atoms with Crippen LogP contribution in [0.5, 0.6) is 0 Å². The molecule has 1 atom stereocenters. The lowest BCUT2D eigenvalue weighted by Crippen LogP contribution is -2.08. The number of carbonyl (C=O) groups excluding carboxylic acids is 1. The minimum atomic E-state index is -0.272. The molecule has 1 N–H and O–H groups in total. The average molecular weight is 242 g/mol. The van der Waals surface area contributed by atoms with E-state index in [-0.39, 0.29) is 18.4 Å². The minimum absolute atomic E-state index is 0. The summed E-state index contributed by atoms with van der Waals surface area (Å²) in [6.07, 6.45) is 1.18. The molecule has 0 aliphatic carbocycles. The normalized spacial score (nSPS) is 18.9. The predicted octanol–water partition coefficient (Wildman–Crippen LogP) is 1.97. The quantitative estimate of drug-likeness (QED) is 0.805. The average Bonchev–Trinajstić information content (AvgIpc) is 2.82. The first-order valence-electron chi connectivity index (χ1n) is 5.20. The third-order valence-electron chi connectivity index (χ3n) is 2.86. The highest BCUT2D eigenvalue weighted by Crippen LogP contribution is 2.22. The van der Waals surface area contributed by atoms with E-state index in [1.807, 2.05) is 24.3 Å². The van der Waals surface area contributed by atoms with Gasteiger partial charge < -0.3 is 10.1 Å². The van der Waals surface area contributed by atoms with Crippen molar-refractivity contribution in [3.8, 4) is 0 Å². The fraction of sp³-hybridized carbons (Fsp3) is 0.417. The predicted molar refractivity (Wildman–Crippen MR) is 65.3 cm³/mol. The molecule has 2 rings (SSSR count). The Morgan fingerprint density at radius 1 is 1.38 bits per heavy atom. The third-order valence-corrected chi connectivity index (χ3v) is 2.86. The number of benzene rings is 1. The lowest BCUT2D eigenvalue weighted by atomic mass is 9.97. The molecule has 1 aliphatic rings. The van der Waals surface area contributed by atoms with E-state index in [9.17, 15) is 4.79 Å². The molecule has 88 valence electrons. The van der Waals surface area contributed by atoms with Crippen molar-refractivity contribution in [1.29, 1.82) is 0 Å². The van der Waals surface area contributed by atoms with Crippen molar-refractivity contribution in [3.05, 3.63) is 35.4 Å². The van der Waals surface area contributed by atoms with Crippen LogP contribution in [-0.2, 0) is 4.74 Å². The SMILES string of the molecule is COC(=O)c1ccc([C@H]2CCNC2)cc1.Cl. The van der Waals surface area contributed by atoms with Crippen LogP contribution in [0.15, 0.2) is 24.3 Å². The first-order valence-corrected chi connectivity index (χ1v) is 5.20. The minimum Gasteiger partial charge on any atom is -0.465 e. The Balaban J connectivity index is 0.00000128. The highest BCUT2D eigenvalue weighted by Gasteiger charge is 2.16. The zero-order valence-electron chi connectivity index (χ0n) is 9.23. The molecule has 1 aromatic carbocycles. The van der Waals surface area contributed by atoms with Crippen molar-refractivity contribution in [2.75, 3.05) is 20.2 Å². The summed E-state index contributed by atoms with van der Waals surface area (Å²) in [6, 6.07) is 7.70. The van der Waals surface area contributed by atoms with E-state index in [0.717, 1.165) is 13.1 Å². The lowest BCUT2D eigenvalue weighted by Gasteiger charge is -2.08. The zero-order valence-corrected chi connectivity index (χ0v) is 10.0. The van der Waals surface area contributed by atoms with Gasteiger partial charge in [0.1, 0.15) is 0 Å². The fourth-order valence-electron chi connectivity index (χ4n) is 1.95. The molecule has 16 heavy (non-hydrogen) atoms. The summed E-state index contributed by atoms with van der Waals surface area (Å²) in [5.41, 5.74) is 1.92. The van der Waals surface area contributed by atoms with Crippen molar-refractivity contribution in [2.45, 2.75) is 12.3 Å². The van der Waals surface area contributed by atoms with Crippen LogP contribution < -0.4 is 5.32 Å². The number of ether oxygens (including phenoxy) is 1. The molecule has 1 saturated heterocycles. The topological polar surface area (TPSA) is 38.3 Å². The largest absolute Gasteiger partial charge is 0.465 e. The molecule has 0 saturated carbocycles. The first-order chi connectivity index (χ1) is 7.31. The van der Waals surface area contributed by atoms with Crippen molar-refractivity contribution in [3.63, 3.8) is 0 Å². The van der Waals surface area contributed by atoms with Crippen LogP contribution in [0, 0.1) is 0 Å². The Hall–Kier alpha value is -1.06. The van der Waals surface area contributed by atoms with Crippen molar-refractivity contribution >= 4 is 18.4 Å². The van der Waals surface area contributed by atoms with Gasteiger partial charge in [0, 0.05) is 6.54 Å². The standard InChI is InChI=1S/C12H15NO2.ClH/c1-15-12(14)10-4-2-9(3-5-10)11-6-7-13-8-11;/h2-5,11,13H,6-8H2,1H3;1H/t11-;/m0./s1. The van der Waals surface area contributed by atoms with Gasteiger partial charge in [-0.3, -0.25) is 0 Å². The van der Waals surface area contributed by atoms with Crippen LogP contribution in [-0.4, -0.2) is 26.2 Å².